The number of nitrogens with zero attached hydrogens (tertiary/aromatic N) is 10. The zero-order valence-corrected chi connectivity index (χ0v) is 41.9. The number of amides is 1. The molecule has 37 heteroatoms. The Kier molecular flexibility index (Phi) is 20.6. The fourth-order valence-electron chi connectivity index (χ4n) is 8.08. The first-order chi connectivity index (χ1) is 37.8. The molecule has 0 unspecified atom stereocenters. The van der Waals surface area contributed by atoms with Crippen molar-refractivity contribution < 1.29 is 97.1 Å². The van der Waals surface area contributed by atoms with Gasteiger partial charge in [0.05, 0.1) is 45.1 Å². The van der Waals surface area contributed by atoms with E-state index in [4.69, 9.17) is 56.2 Å². The molecule has 0 aliphatic carbocycles. The predicted octanol–water partition coefficient (Wildman–Crippen LogP) is -4.93. The summed E-state index contributed by atoms with van der Waals surface area (Å²) in [5.41, 5.74) is 13.6. The van der Waals surface area contributed by atoms with Gasteiger partial charge in [-0.2, -0.15) is 38.1 Å². The lowest BCUT2D eigenvalue weighted by molar-refractivity contribution is -0.140. The third-order valence-electron chi connectivity index (χ3n) is 12.4. The Bertz CT molecular complexity index is 3090. The smallest absolute Gasteiger partial charge is 0.412 e. The van der Waals surface area contributed by atoms with Crippen LogP contribution in [0.15, 0.2) is 51.4 Å². The Labute approximate surface area is 445 Å². The zero-order chi connectivity index (χ0) is 59.1. The lowest BCUT2D eigenvalue weighted by atomic mass is 10.1. The number of hydrogen-bond acceptors (Lipinski definition) is 28. The standard InChI is InChI=1S/C15H22FN3O6.C10H12FN5O4.C9H11F2N3O4.C9H13N3O5/c1-3-4-5-6-24-15(23)18-12-9(16)7-19(14(22)17-12)13-11(21)10(20)8(2)25-13;11-10-14-7(12)4-8(15-10)16(2-13-4)9-6(19)5(18)3(1-17)20-9;10-9(11)6(16)4(3-15)18-7(9)14-2-1-5(12)13-8(14)17;10-5-1-2-12(9(16)11-5)8-7(15)6(14)4(3-13)17-8/h7-8,10-11,13,20-21H,3-6H2,1-2H3,(H,17,18,22,23);2-3,5-6,9,17-19H,1H2,(H2,12,14,15);1-2,4,6-7,15-16H,3H2,(H2,12,13,17);1-2,4,6-8,13-15H,3H2,(H2,10,11,16)/t8-,10-,11-,13-;3-,5-,6+,9-;4-,6-,7-;4-,6-,7+,8-/m1111/s1. The van der Waals surface area contributed by atoms with E-state index in [1.165, 1.54) is 30.1 Å². The summed E-state index contributed by atoms with van der Waals surface area (Å²) in [4.78, 5) is 67.6. The number of carbonyl (C=O) groups is 1. The van der Waals surface area contributed by atoms with E-state index in [0.717, 1.165) is 40.4 Å². The first-order valence-electron chi connectivity index (χ1n) is 24.0. The number of alkyl halides is 2. The number of nitrogens with one attached hydrogen (secondary N) is 1. The molecule has 5 aromatic rings. The van der Waals surface area contributed by atoms with E-state index in [2.05, 4.69) is 35.2 Å². The molecule has 4 aliphatic heterocycles. The summed E-state index contributed by atoms with van der Waals surface area (Å²) >= 11 is 0. The highest BCUT2D eigenvalue weighted by atomic mass is 19.3. The van der Waals surface area contributed by atoms with Crippen LogP contribution in [0.3, 0.4) is 0 Å². The van der Waals surface area contributed by atoms with Gasteiger partial charge < -0.3 is 92.0 Å². The normalized spacial score (nSPS) is 29.5. The highest BCUT2D eigenvalue weighted by molar-refractivity contribution is 5.83. The number of rotatable bonds is 12. The van der Waals surface area contributed by atoms with Crippen molar-refractivity contribution >= 4 is 40.5 Å². The molecule has 15 atom stereocenters. The van der Waals surface area contributed by atoms with Crippen LogP contribution in [-0.2, 0) is 23.7 Å². The molecular formula is C43H58F4N14O19. The second-order valence-corrected chi connectivity index (χ2v) is 17.9. The number of halogens is 4. The van der Waals surface area contributed by atoms with Crippen LogP contribution in [0.2, 0.25) is 0 Å². The van der Waals surface area contributed by atoms with Crippen LogP contribution in [-0.4, -0.2) is 205 Å². The van der Waals surface area contributed by atoms with Gasteiger partial charge in [-0.15, -0.1) is 0 Å². The molecule has 0 bridgehead atoms. The van der Waals surface area contributed by atoms with Gasteiger partial charge in [-0.1, -0.05) is 19.8 Å². The SMILES string of the molecule is CCCCCOC(=O)Nc1nc(=O)n([C@@H]2O[C@H](C)[C@@H](O)[C@H]2O)cc1F.Nc1ccn([C@@H]2O[C@H](CO)[C@@H](O)C2(F)F)c(=O)n1.Nc1ccn([C@@H]2O[C@H](CO)[C@@H](O)[C@@H]2O)c(=O)n1.Nc1nc(F)nc2c1ncn2[C@@H]1O[C@H](CO)[C@@H](O)[C@@H]1O. The molecule has 80 heavy (non-hydrogen) atoms. The van der Waals surface area contributed by atoms with E-state index in [1.807, 2.05) is 6.92 Å². The number of carbonyl (C=O) groups excluding carboxylic acids is 1. The number of aliphatic hydroxyl groups excluding tert-OH is 10. The highest BCUT2D eigenvalue weighted by Gasteiger charge is 2.59. The highest BCUT2D eigenvalue weighted by Crippen LogP contribution is 2.42. The van der Waals surface area contributed by atoms with E-state index in [0.29, 0.717) is 11.0 Å². The summed E-state index contributed by atoms with van der Waals surface area (Å²) in [5.74, 6) is -5.50. The van der Waals surface area contributed by atoms with E-state index in [1.54, 1.807) is 0 Å². The molecular weight excluding hydrogens is 1090 g/mol. The zero-order valence-electron chi connectivity index (χ0n) is 41.9. The van der Waals surface area contributed by atoms with E-state index in [9.17, 15) is 72.5 Å². The van der Waals surface area contributed by atoms with Gasteiger partial charge in [0, 0.05) is 12.4 Å². The average molecular weight is 1150 g/mol. The van der Waals surface area contributed by atoms with Crippen LogP contribution in [0.25, 0.3) is 11.2 Å². The number of aliphatic hydroxyl groups is 10. The van der Waals surface area contributed by atoms with Crippen molar-refractivity contribution in [1.82, 2.24) is 48.2 Å². The first kappa shape index (κ1) is 62.2. The van der Waals surface area contributed by atoms with Gasteiger partial charge in [0.15, 0.2) is 53.4 Å². The van der Waals surface area contributed by atoms with Crippen molar-refractivity contribution in [1.29, 1.82) is 0 Å². The summed E-state index contributed by atoms with van der Waals surface area (Å²) in [7, 11) is 0. The third kappa shape index (κ3) is 13.6. The van der Waals surface area contributed by atoms with Crippen LogP contribution in [0.1, 0.15) is 58.0 Å². The number of unbranched alkanes of at least 4 members (excludes halogenated alkanes) is 2. The van der Waals surface area contributed by atoms with Crippen molar-refractivity contribution in [2.75, 3.05) is 48.9 Å². The van der Waals surface area contributed by atoms with Gasteiger partial charge in [-0.25, -0.2) is 28.6 Å². The summed E-state index contributed by atoms with van der Waals surface area (Å²) in [6.45, 7) is 1.98. The fourth-order valence-corrected chi connectivity index (χ4v) is 8.08. The van der Waals surface area contributed by atoms with Crippen molar-refractivity contribution in [2.24, 2.45) is 0 Å². The minimum Gasteiger partial charge on any atom is -0.449 e. The van der Waals surface area contributed by atoms with Crippen LogP contribution in [0.4, 0.5) is 45.6 Å². The van der Waals surface area contributed by atoms with Gasteiger partial charge in [-0.05, 0) is 25.5 Å². The summed E-state index contributed by atoms with van der Waals surface area (Å²) in [5, 5.41) is 96.5. The fraction of sp³-hybridized carbons (Fsp3) is 0.581. The monoisotopic (exact) mass is 1150 g/mol. The topological polar surface area (TPSA) is 504 Å². The maximum absolute atomic E-state index is 14.1. The summed E-state index contributed by atoms with van der Waals surface area (Å²) < 4.78 is 83.6. The lowest BCUT2D eigenvalue weighted by Gasteiger charge is -2.20. The van der Waals surface area contributed by atoms with Gasteiger partial charge in [0.1, 0.15) is 66.6 Å². The number of nitrogens with two attached hydrogens (primary N) is 3. The Balaban J connectivity index is 0.000000174. The van der Waals surface area contributed by atoms with Gasteiger partial charge >= 0.3 is 35.2 Å². The largest absolute Gasteiger partial charge is 0.449 e. The van der Waals surface area contributed by atoms with Gasteiger partial charge in [0.2, 0.25) is 6.23 Å². The number of ether oxygens (including phenoxy) is 5. The minimum absolute atomic E-state index is 0.0323. The number of imidazole rings is 1. The molecule has 4 saturated heterocycles. The molecule has 0 spiro atoms. The van der Waals surface area contributed by atoms with E-state index < -0.39 is 159 Å². The second kappa shape index (κ2) is 26.5. The molecule has 9 rings (SSSR count). The molecule has 0 saturated carbocycles. The van der Waals surface area contributed by atoms with Crippen LogP contribution in [0, 0.1) is 11.9 Å². The van der Waals surface area contributed by atoms with Crippen LogP contribution < -0.4 is 39.6 Å². The van der Waals surface area contributed by atoms with Gasteiger partial charge in [-0.3, -0.25) is 23.6 Å². The average Bonchev–Trinajstić information content (AvgIpc) is 4.17. The summed E-state index contributed by atoms with van der Waals surface area (Å²) in [6.07, 6.45) is -14.6. The van der Waals surface area contributed by atoms with Crippen molar-refractivity contribution in [3.05, 3.63) is 80.4 Å². The first-order valence-corrected chi connectivity index (χ1v) is 24.0. The number of nitrogen functional groups attached to an aromatic ring is 3. The molecule has 17 N–H and O–H groups in total. The van der Waals surface area contributed by atoms with E-state index in [-0.39, 0.29) is 35.2 Å². The maximum Gasteiger partial charge on any atom is 0.412 e. The van der Waals surface area contributed by atoms with Gasteiger partial charge in [0.25, 0.3) is 0 Å². The lowest BCUT2D eigenvalue weighted by Crippen LogP contribution is -2.41. The molecule has 1 amide bonds. The number of hydrogen-bond donors (Lipinski definition) is 14. The van der Waals surface area contributed by atoms with Crippen LogP contribution in [0.5, 0.6) is 0 Å². The molecule has 33 nitrogen and oxygen atoms in total. The number of anilines is 4. The second-order valence-electron chi connectivity index (χ2n) is 17.9. The maximum atomic E-state index is 14.1. The predicted molar refractivity (Wildman–Crippen MR) is 258 cm³/mol. The van der Waals surface area contributed by atoms with Crippen LogP contribution >= 0.6 is 0 Å². The van der Waals surface area contributed by atoms with Crippen molar-refractivity contribution in [2.45, 2.75) is 131 Å². The van der Waals surface area contributed by atoms with E-state index >= 15 is 0 Å². The Morgan fingerprint density at radius 2 is 1.21 bits per heavy atom. The minimum atomic E-state index is -3.71. The summed E-state index contributed by atoms with van der Waals surface area (Å²) in [6, 6.07) is 2.52. The number of aromatic nitrogens is 10. The molecule has 4 aliphatic rings. The molecule has 0 radical (unpaired) electrons. The molecule has 9 heterocycles. The molecule has 442 valence electrons. The third-order valence-corrected chi connectivity index (χ3v) is 12.4. The molecule has 0 aromatic carbocycles. The molecule has 5 aromatic heterocycles. The molecule has 4 fully saturated rings. The number of fused-ring (bicyclic) bond motifs is 1. The van der Waals surface area contributed by atoms with Crippen molar-refractivity contribution in [3.63, 3.8) is 0 Å². The Morgan fingerprint density at radius 3 is 1.71 bits per heavy atom. The Morgan fingerprint density at radius 1 is 0.688 bits per heavy atom. The van der Waals surface area contributed by atoms with Crippen molar-refractivity contribution in [3.8, 4) is 0 Å². The quantitative estimate of drug-likeness (QED) is 0.0316. The Hall–Kier alpha value is -6.98.